The second-order valence-electron chi connectivity index (χ2n) is 3.85. The standard InChI is InChI=1S/C13H22FOP/c1-4-11(3)10-15-12(5-2)6-7-13(16)8-9-14/h5,7-9,11-12H,2,4,6,10,16H2,1,3H3/b9-8+,13-7+. The van der Waals surface area contributed by atoms with Gasteiger partial charge in [0.05, 0.1) is 12.4 Å². The molecule has 0 saturated carbocycles. The quantitative estimate of drug-likeness (QED) is 0.352. The van der Waals surface area contributed by atoms with Crippen molar-refractivity contribution >= 4 is 9.24 Å². The lowest BCUT2D eigenvalue weighted by atomic mass is 10.1. The first-order chi connectivity index (χ1) is 7.63. The van der Waals surface area contributed by atoms with Crippen LogP contribution in [0.25, 0.3) is 0 Å². The summed E-state index contributed by atoms with van der Waals surface area (Å²) in [6, 6.07) is 0. The van der Waals surface area contributed by atoms with E-state index in [1.54, 1.807) is 6.08 Å². The third-order valence-electron chi connectivity index (χ3n) is 2.40. The Kier molecular flexibility index (Phi) is 9.46. The van der Waals surface area contributed by atoms with Crippen molar-refractivity contribution in [2.45, 2.75) is 32.8 Å². The lowest BCUT2D eigenvalue weighted by Crippen LogP contribution is -2.14. The van der Waals surface area contributed by atoms with E-state index in [4.69, 9.17) is 4.74 Å². The smallest absolute Gasteiger partial charge is 0.0872 e. The molecule has 3 heteroatoms. The number of hydrogen-bond donors (Lipinski definition) is 0. The van der Waals surface area contributed by atoms with Crippen molar-refractivity contribution < 1.29 is 9.13 Å². The summed E-state index contributed by atoms with van der Waals surface area (Å²) in [6.45, 7) is 8.78. The lowest BCUT2D eigenvalue weighted by Gasteiger charge is -2.15. The SMILES string of the molecule is C=CC(C/C=C(P)\C=C\F)OCC(C)CC. The Balaban J connectivity index is 4.01. The van der Waals surface area contributed by atoms with Gasteiger partial charge in [-0.2, -0.15) is 0 Å². The van der Waals surface area contributed by atoms with E-state index in [1.807, 2.05) is 6.08 Å². The molecule has 3 unspecified atom stereocenters. The number of hydrogen-bond acceptors (Lipinski definition) is 1. The molecule has 16 heavy (non-hydrogen) atoms. The van der Waals surface area contributed by atoms with Gasteiger partial charge >= 0.3 is 0 Å². The summed E-state index contributed by atoms with van der Waals surface area (Å²) in [7, 11) is 2.47. The Morgan fingerprint density at radius 3 is 2.75 bits per heavy atom. The topological polar surface area (TPSA) is 9.23 Å². The van der Waals surface area contributed by atoms with E-state index in [9.17, 15) is 4.39 Å². The number of rotatable bonds is 8. The summed E-state index contributed by atoms with van der Waals surface area (Å²) >= 11 is 0. The zero-order chi connectivity index (χ0) is 12.4. The number of halogens is 1. The molecular weight excluding hydrogens is 222 g/mol. The molecule has 0 heterocycles. The van der Waals surface area contributed by atoms with E-state index in [1.165, 1.54) is 6.08 Å². The molecule has 1 nitrogen and oxygen atoms in total. The fraction of sp³-hybridized carbons (Fsp3) is 0.538. The van der Waals surface area contributed by atoms with Gasteiger partial charge in [-0.15, -0.1) is 15.8 Å². The molecule has 0 fully saturated rings. The predicted octanol–water partition coefficient (Wildman–Crippen LogP) is 4.24. The van der Waals surface area contributed by atoms with Crippen molar-refractivity contribution in [2.75, 3.05) is 6.61 Å². The molecule has 0 aliphatic rings. The molecule has 0 saturated heterocycles. The maximum atomic E-state index is 11.9. The zero-order valence-electron chi connectivity index (χ0n) is 10.2. The third-order valence-corrected chi connectivity index (χ3v) is 2.82. The van der Waals surface area contributed by atoms with Gasteiger partial charge in [0, 0.05) is 6.61 Å². The molecule has 0 aromatic carbocycles. The van der Waals surface area contributed by atoms with Crippen LogP contribution in [0.15, 0.2) is 36.5 Å². The van der Waals surface area contributed by atoms with Crippen LogP contribution in [0.1, 0.15) is 26.7 Å². The van der Waals surface area contributed by atoms with Crippen LogP contribution in [0, 0.1) is 5.92 Å². The molecule has 0 amide bonds. The van der Waals surface area contributed by atoms with Crippen molar-refractivity contribution in [3.8, 4) is 0 Å². The average Bonchev–Trinajstić information content (AvgIpc) is 2.29. The van der Waals surface area contributed by atoms with E-state index in [-0.39, 0.29) is 6.10 Å². The summed E-state index contributed by atoms with van der Waals surface area (Å²) in [5.41, 5.74) is 0. The van der Waals surface area contributed by atoms with Gasteiger partial charge in [0.1, 0.15) is 0 Å². The van der Waals surface area contributed by atoms with Crippen molar-refractivity contribution in [3.05, 3.63) is 36.5 Å². The van der Waals surface area contributed by atoms with Crippen LogP contribution >= 0.6 is 9.24 Å². The second kappa shape index (κ2) is 9.74. The van der Waals surface area contributed by atoms with Crippen LogP contribution in [0.5, 0.6) is 0 Å². The van der Waals surface area contributed by atoms with Gasteiger partial charge < -0.3 is 4.74 Å². The second-order valence-corrected chi connectivity index (χ2v) is 4.52. The highest BCUT2D eigenvalue weighted by molar-refractivity contribution is 7.22. The molecular formula is C13H22FOP. The van der Waals surface area contributed by atoms with Crippen LogP contribution in [0.4, 0.5) is 4.39 Å². The summed E-state index contributed by atoms with van der Waals surface area (Å²) in [6.07, 6.45) is 7.49. The number of allylic oxidation sites excluding steroid dienone is 2. The van der Waals surface area contributed by atoms with Gasteiger partial charge in [-0.3, -0.25) is 0 Å². The Morgan fingerprint density at radius 2 is 2.25 bits per heavy atom. The highest BCUT2D eigenvalue weighted by Crippen LogP contribution is 2.12. The first-order valence-corrected chi connectivity index (χ1v) is 6.18. The van der Waals surface area contributed by atoms with E-state index in [0.717, 1.165) is 24.8 Å². The summed E-state index contributed by atoms with van der Waals surface area (Å²) < 4.78 is 17.5. The Bertz CT molecular complexity index is 248. The Hall–Kier alpha value is -0.460. The summed E-state index contributed by atoms with van der Waals surface area (Å²) in [4.78, 5) is 0. The fourth-order valence-electron chi connectivity index (χ4n) is 1.03. The third kappa shape index (κ3) is 7.78. The van der Waals surface area contributed by atoms with Gasteiger partial charge in [0.2, 0.25) is 0 Å². The molecule has 0 radical (unpaired) electrons. The summed E-state index contributed by atoms with van der Waals surface area (Å²) in [5, 5.41) is 0.821. The van der Waals surface area contributed by atoms with Crippen molar-refractivity contribution in [1.29, 1.82) is 0 Å². The first-order valence-electron chi connectivity index (χ1n) is 5.60. The maximum absolute atomic E-state index is 11.9. The maximum Gasteiger partial charge on any atom is 0.0872 e. The minimum Gasteiger partial charge on any atom is -0.374 e. The molecule has 0 bridgehead atoms. The highest BCUT2D eigenvalue weighted by atomic mass is 31.0. The van der Waals surface area contributed by atoms with Crippen molar-refractivity contribution in [2.24, 2.45) is 5.92 Å². The molecule has 0 aromatic heterocycles. The summed E-state index contributed by atoms with van der Waals surface area (Å²) in [5.74, 6) is 0.563. The van der Waals surface area contributed by atoms with Crippen molar-refractivity contribution in [3.63, 3.8) is 0 Å². The van der Waals surface area contributed by atoms with Gasteiger partial charge in [-0.1, -0.05) is 32.4 Å². The monoisotopic (exact) mass is 244 g/mol. The Labute approximate surface area is 101 Å². The van der Waals surface area contributed by atoms with E-state index >= 15 is 0 Å². The van der Waals surface area contributed by atoms with Crippen molar-refractivity contribution in [1.82, 2.24) is 0 Å². The highest BCUT2D eigenvalue weighted by Gasteiger charge is 2.05. The Morgan fingerprint density at radius 1 is 1.56 bits per heavy atom. The van der Waals surface area contributed by atoms with E-state index in [2.05, 4.69) is 29.7 Å². The molecule has 0 spiro atoms. The van der Waals surface area contributed by atoms with Crippen LogP contribution in [-0.2, 0) is 4.74 Å². The molecule has 0 aliphatic carbocycles. The van der Waals surface area contributed by atoms with Gasteiger partial charge in [-0.25, -0.2) is 4.39 Å². The van der Waals surface area contributed by atoms with Crippen LogP contribution in [-0.4, -0.2) is 12.7 Å². The molecule has 0 aromatic rings. The van der Waals surface area contributed by atoms with Gasteiger partial charge in [0.25, 0.3) is 0 Å². The minimum absolute atomic E-state index is 0.0116. The van der Waals surface area contributed by atoms with Crippen LogP contribution in [0.2, 0.25) is 0 Å². The van der Waals surface area contributed by atoms with E-state index < -0.39 is 0 Å². The molecule has 0 N–H and O–H groups in total. The molecule has 0 aliphatic heterocycles. The van der Waals surface area contributed by atoms with Gasteiger partial charge in [-0.05, 0) is 23.7 Å². The zero-order valence-corrected chi connectivity index (χ0v) is 11.3. The lowest BCUT2D eigenvalue weighted by molar-refractivity contribution is 0.0622. The molecule has 92 valence electrons. The minimum atomic E-state index is 0.0116. The predicted molar refractivity (Wildman–Crippen MR) is 72.1 cm³/mol. The van der Waals surface area contributed by atoms with Gasteiger partial charge in [0.15, 0.2) is 0 Å². The normalized spacial score (nSPS) is 16.4. The molecule has 3 atom stereocenters. The van der Waals surface area contributed by atoms with Crippen LogP contribution in [0.3, 0.4) is 0 Å². The van der Waals surface area contributed by atoms with Crippen LogP contribution < -0.4 is 0 Å². The molecule has 0 rings (SSSR count). The fourth-order valence-corrected chi connectivity index (χ4v) is 1.24. The first kappa shape index (κ1) is 15.5. The number of ether oxygens (including phenoxy) is 1. The average molecular weight is 244 g/mol. The van der Waals surface area contributed by atoms with E-state index in [0.29, 0.717) is 12.2 Å². The largest absolute Gasteiger partial charge is 0.374 e.